The predicted molar refractivity (Wildman–Crippen MR) is 68.1 cm³/mol. The Balaban J connectivity index is 2.39. The molecule has 0 aliphatic carbocycles. The zero-order valence-electron chi connectivity index (χ0n) is 10.5. The molecule has 1 rings (SSSR count). The first-order valence-corrected chi connectivity index (χ1v) is 6.77. The summed E-state index contributed by atoms with van der Waals surface area (Å²) in [4.78, 5) is 24.6. The van der Waals surface area contributed by atoms with Gasteiger partial charge in [0.05, 0.1) is 5.33 Å². The number of alkyl halides is 1. The molecule has 98 valence electrons. The summed E-state index contributed by atoms with van der Waals surface area (Å²) in [7, 11) is 0. The molecule has 0 aromatic carbocycles. The molecule has 0 radical (unpaired) electrons. The van der Waals surface area contributed by atoms with Crippen molar-refractivity contribution < 1.29 is 14.3 Å². The van der Waals surface area contributed by atoms with E-state index in [0.717, 1.165) is 6.42 Å². The second kappa shape index (κ2) is 5.71. The van der Waals surface area contributed by atoms with Crippen LogP contribution in [0.25, 0.3) is 0 Å². The molecule has 1 atom stereocenters. The van der Waals surface area contributed by atoms with Crippen molar-refractivity contribution in [3.8, 4) is 0 Å². The van der Waals surface area contributed by atoms with Crippen molar-refractivity contribution in [3.63, 3.8) is 0 Å². The zero-order chi connectivity index (χ0) is 13.1. The number of nitrogens with one attached hydrogen (secondary N) is 1. The van der Waals surface area contributed by atoms with Gasteiger partial charge in [-0.05, 0) is 27.2 Å². The van der Waals surface area contributed by atoms with E-state index >= 15 is 0 Å². The van der Waals surface area contributed by atoms with Crippen molar-refractivity contribution in [2.75, 3.05) is 18.4 Å². The topological polar surface area (TPSA) is 58.6 Å². The molecule has 0 aromatic heterocycles. The fourth-order valence-electron chi connectivity index (χ4n) is 1.64. The third-order valence-corrected chi connectivity index (χ3v) is 2.84. The van der Waals surface area contributed by atoms with Gasteiger partial charge in [0.25, 0.3) is 0 Å². The summed E-state index contributed by atoms with van der Waals surface area (Å²) >= 11 is 3.09. The first-order chi connectivity index (χ1) is 7.81. The molecule has 0 bridgehead atoms. The first kappa shape index (κ1) is 14.3. The van der Waals surface area contributed by atoms with Gasteiger partial charge in [0.15, 0.2) is 0 Å². The number of hydrogen-bond donors (Lipinski definition) is 1. The minimum absolute atomic E-state index is 0.0348. The number of nitrogens with zero attached hydrogens (tertiary/aromatic N) is 1. The van der Waals surface area contributed by atoms with Gasteiger partial charge in [0.1, 0.15) is 5.60 Å². The van der Waals surface area contributed by atoms with E-state index in [4.69, 9.17) is 4.74 Å². The van der Waals surface area contributed by atoms with Gasteiger partial charge in [0, 0.05) is 19.1 Å². The molecular weight excluding hydrogens is 288 g/mol. The third kappa shape index (κ3) is 4.93. The standard InChI is InChI=1S/C11H19BrN2O3/c1-11(2,3)17-10(16)14-5-4-8(7-14)13-9(15)6-12/h8H,4-7H2,1-3H3,(H,13,15)/t8-/m0/s1. The quantitative estimate of drug-likeness (QED) is 0.787. The number of hydrogen-bond acceptors (Lipinski definition) is 3. The molecule has 1 N–H and O–H groups in total. The van der Waals surface area contributed by atoms with Crippen molar-refractivity contribution >= 4 is 27.9 Å². The molecule has 1 aliphatic rings. The Morgan fingerprint density at radius 3 is 2.65 bits per heavy atom. The average molecular weight is 307 g/mol. The summed E-state index contributed by atoms with van der Waals surface area (Å²) in [6.45, 7) is 6.66. The highest BCUT2D eigenvalue weighted by molar-refractivity contribution is 9.09. The normalized spacial score (nSPS) is 20.2. The third-order valence-electron chi connectivity index (χ3n) is 2.33. The largest absolute Gasteiger partial charge is 0.444 e. The predicted octanol–water partition coefficient (Wildman–Crippen LogP) is 1.51. The second-order valence-electron chi connectivity index (χ2n) is 5.11. The maximum Gasteiger partial charge on any atom is 0.410 e. The lowest BCUT2D eigenvalue weighted by molar-refractivity contribution is -0.119. The van der Waals surface area contributed by atoms with Gasteiger partial charge in [-0.3, -0.25) is 4.79 Å². The molecule has 0 spiro atoms. The van der Waals surface area contributed by atoms with E-state index in [2.05, 4.69) is 21.2 Å². The monoisotopic (exact) mass is 306 g/mol. The average Bonchev–Trinajstić information content (AvgIpc) is 2.63. The highest BCUT2D eigenvalue weighted by Gasteiger charge is 2.30. The summed E-state index contributed by atoms with van der Waals surface area (Å²) in [5, 5.41) is 3.13. The van der Waals surface area contributed by atoms with Crippen LogP contribution in [0.15, 0.2) is 0 Å². The Bertz CT molecular complexity index is 302. The van der Waals surface area contributed by atoms with Gasteiger partial charge >= 0.3 is 6.09 Å². The molecule has 1 saturated heterocycles. The van der Waals surface area contributed by atoms with Crippen LogP contribution < -0.4 is 5.32 Å². The zero-order valence-corrected chi connectivity index (χ0v) is 12.0. The van der Waals surface area contributed by atoms with Gasteiger partial charge in [-0.1, -0.05) is 15.9 Å². The fourth-order valence-corrected chi connectivity index (χ4v) is 1.80. The Kier molecular flexibility index (Phi) is 4.80. The molecular formula is C11H19BrN2O3. The molecule has 5 nitrogen and oxygen atoms in total. The number of ether oxygens (including phenoxy) is 1. The van der Waals surface area contributed by atoms with E-state index in [1.807, 2.05) is 20.8 Å². The maximum absolute atomic E-state index is 11.7. The first-order valence-electron chi connectivity index (χ1n) is 5.65. The van der Waals surface area contributed by atoms with Crippen LogP contribution in [0.5, 0.6) is 0 Å². The lowest BCUT2D eigenvalue weighted by Gasteiger charge is -2.24. The van der Waals surface area contributed by atoms with Crippen molar-refractivity contribution in [3.05, 3.63) is 0 Å². The van der Waals surface area contributed by atoms with Gasteiger partial charge in [-0.2, -0.15) is 0 Å². The fraction of sp³-hybridized carbons (Fsp3) is 0.818. The van der Waals surface area contributed by atoms with E-state index < -0.39 is 5.60 Å². The van der Waals surface area contributed by atoms with Crippen molar-refractivity contribution in [2.24, 2.45) is 0 Å². The molecule has 0 aromatic rings. The Morgan fingerprint density at radius 2 is 2.12 bits per heavy atom. The van der Waals surface area contributed by atoms with E-state index in [9.17, 15) is 9.59 Å². The highest BCUT2D eigenvalue weighted by Crippen LogP contribution is 2.15. The summed E-state index contributed by atoms with van der Waals surface area (Å²) in [6, 6.07) is 0.0348. The number of likely N-dealkylation sites (tertiary alicyclic amines) is 1. The molecule has 6 heteroatoms. The van der Waals surface area contributed by atoms with E-state index in [1.54, 1.807) is 4.90 Å². The Morgan fingerprint density at radius 1 is 1.47 bits per heavy atom. The number of carbonyl (C=O) groups excluding carboxylic acids is 2. The van der Waals surface area contributed by atoms with Gasteiger partial charge in [0.2, 0.25) is 5.91 Å². The van der Waals surface area contributed by atoms with Gasteiger partial charge < -0.3 is 15.0 Å². The molecule has 1 aliphatic heterocycles. The number of amides is 2. The Labute approximate surface area is 110 Å². The van der Waals surface area contributed by atoms with E-state index in [1.165, 1.54) is 0 Å². The molecule has 1 heterocycles. The van der Waals surface area contributed by atoms with Gasteiger partial charge in [-0.15, -0.1) is 0 Å². The number of halogens is 1. The van der Waals surface area contributed by atoms with Crippen molar-refractivity contribution in [1.82, 2.24) is 10.2 Å². The van der Waals surface area contributed by atoms with Crippen molar-refractivity contribution in [2.45, 2.75) is 38.8 Å². The second-order valence-corrected chi connectivity index (χ2v) is 5.67. The molecule has 2 amide bonds. The summed E-state index contributed by atoms with van der Waals surface area (Å²) in [5.74, 6) is -0.0546. The maximum atomic E-state index is 11.7. The van der Waals surface area contributed by atoms with Crippen LogP contribution in [-0.2, 0) is 9.53 Å². The lowest BCUT2D eigenvalue weighted by Crippen LogP contribution is -2.40. The number of carbonyl (C=O) groups is 2. The summed E-state index contributed by atoms with van der Waals surface area (Å²) in [6.07, 6.45) is 0.464. The summed E-state index contributed by atoms with van der Waals surface area (Å²) < 4.78 is 5.27. The van der Waals surface area contributed by atoms with Crippen molar-refractivity contribution in [1.29, 1.82) is 0 Å². The van der Waals surface area contributed by atoms with Crippen LogP contribution in [0.3, 0.4) is 0 Å². The van der Waals surface area contributed by atoms with Crippen LogP contribution in [0.1, 0.15) is 27.2 Å². The van der Waals surface area contributed by atoms with Crippen LogP contribution >= 0.6 is 15.9 Å². The van der Waals surface area contributed by atoms with E-state index in [0.29, 0.717) is 13.1 Å². The highest BCUT2D eigenvalue weighted by atomic mass is 79.9. The lowest BCUT2D eigenvalue weighted by atomic mass is 10.2. The molecule has 0 saturated carbocycles. The smallest absolute Gasteiger partial charge is 0.410 e. The minimum atomic E-state index is -0.478. The molecule has 1 fully saturated rings. The molecule has 17 heavy (non-hydrogen) atoms. The van der Waals surface area contributed by atoms with Gasteiger partial charge in [-0.25, -0.2) is 4.79 Å². The number of rotatable bonds is 2. The van der Waals surface area contributed by atoms with Crippen LogP contribution in [-0.4, -0.2) is 47.0 Å². The molecule has 0 unspecified atom stereocenters. The van der Waals surface area contributed by atoms with Crippen LogP contribution in [0.2, 0.25) is 0 Å². The Hall–Kier alpha value is -0.780. The minimum Gasteiger partial charge on any atom is -0.444 e. The van der Waals surface area contributed by atoms with Crippen LogP contribution in [0, 0.1) is 0 Å². The summed E-state index contributed by atoms with van der Waals surface area (Å²) in [5.41, 5.74) is -0.478. The SMILES string of the molecule is CC(C)(C)OC(=O)N1CC[C@H](NC(=O)CBr)C1. The van der Waals surface area contributed by atoms with Crippen LogP contribution in [0.4, 0.5) is 4.79 Å². The van der Waals surface area contributed by atoms with E-state index in [-0.39, 0.29) is 23.4 Å².